The molecule has 2 aliphatic rings. The Bertz CT molecular complexity index is 2310. The Hall–Kier alpha value is -5.13. The molecular weight excluding hydrogens is 626 g/mol. The number of aliphatic hydroxyl groups is 5. The highest BCUT2D eigenvalue weighted by Gasteiger charge is 2.47. The second-order valence-corrected chi connectivity index (χ2v) is 12.0. The number of nitrogens with one attached hydrogen (secondary N) is 2. The number of hydrogen-bond donors (Lipinski definition) is 9. The largest absolute Gasteiger partial charge is 0.508 e. The Morgan fingerprint density at radius 2 is 1.56 bits per heavy atom. The van der Waals surface area contributed by atoms with Gasteiger partial charge in [0.15, 0.2) is 6.23 Å². The lowest BCUT2D eigenvalue weighted by atomic mass is 9.96. The van der Waals surface area contributed by atoms with Crippen molar-refractivity contribution in [2.75, 3.05) is 6.61 Å². The molecule has 1 fully saturated rings. The number of hydrazine groups is 1. The average molecular weight is 656 g/mol. The first-order chi connectivity index (χ1) is 23.1. The number of imide groups is 1. The van der Waals surface area contributed by atoms with Crippen LogP contribution in [0, 0.1) is 0 Å². The van der Waals surface area contributed by atoms with Crippen LogP contribution in [0.4, 0.5) is 0 Å². The first-order valence-corrected chi connectivity index (χ1v) is 15.1. The number of aliphatic hydroxyl groups excluding tert-OH is 5. The molecule has 1 saturated heterocycles. The number of pyridine rings is 1. The lowest BCUT2D eigenvalue weighted by Gasteiger charge is -2.41. The van der Waals surface area contributed by atoms with Crippen molar-refractivity contribution in [3.63, 3.8) is 0 Å². The van der Waals surface area contributed by atoms with Crippen LogP contribution in [0.25, 0.3) is 43.6 Å². The number of carbonyl (C=O) groups is 2. The van der Waals surface area contributed by atoms with E-state index in [1.54, 1.807) is 18.2 Å². The average Bonchev–Trinajstić information content (AvgIpc) is 3.69. The van der Waals surface area contributed by atoms with Crippen molar-refractivity contribution in [3.8, 4) is 11.5 Å². The molecule has 1 unspecified atom stereocenters. The summed E-state index contributed by atoms with van der Waals surface area (Å²) in [7, 11) is 0. The Morgan fingerprint density at radius 1 is 0.854 bits per heavy atom. The molecular formula is C33H29N5O10. The predicted molar refractivity (Wildman–Crippen MR) is 169 cm³/mol. The third kappa shape index (κ3) is 4.17. The molecule has 2 amide bonds. The van der Waals surface area contributed by atoms with Gasteiger partial charge in [0.25, 0.3) is 11.8 Å². The smallest absolute Gasteiger partial charge is 0.276 e. The highest BCUT2D eigenvalue weighted by Crippen LogP contribution is 2.47. The highest BCUT2D eigenvalue weighted by atomic mass is 16.6. The Balaban J connectivity index is 1.44. The molecule has 0 spiro atoms. The number of phenolic OH excluding ortho intramolecular Hbond substituents is 2. The van der Waals surface area contributed by atoms with E-state index in [2.05, 4.69) is 15.4 Å². The normalized spacial score (nSPS) is 22.9. The molecule has 6 aromatic rings. The second kappa shape index (κ2) is 11.0. The summed E-state index contributed by atoms with van der Waals surface area (Å²) in [6, 6.07) is 10.5. The van der Waals surface area contributed by atoms with Crippen LogP contribution in [0.15, 0.2) is 54.9 Å². The third-order valence-corrected chi connectivity index (χ3v) is 9.31. The number of aromatic nitrogens is 3. The number of hydrogen-bond acceptors (Lipinski definition) is 12. The van der Waals surface area contributed by atoms with E-state index < -0.39 is 49.1 Å². The zero-order chi connectivity index (χ0) is 33.6. The molecule has 15 nitrogen and oxygen atoms in total. The number of phenols is 2. The van der Waals surface area contributed by atoms with Gasteiger partial charge in [-0.25, -0.2) is 10.4 Å². The summed E-state index contributed by atoms with van der Waals surface area (Å²) < 4.78 is 7.45. The van der Waals surface area contributed by atoms with Crippen LogP contribution in [-0.2, 0) is 17.9 Å². The maximum absolute atomic E-state index is 14.4. The first-order valence-electron chi connectivity index (χ1n) is 15.1. The standard InChI is InChI=1S/C33H29N5O10/c39-11-14-9-34-6-5-13(14)10-35-38-31(46)24-22-17-3-1-15(41)7-19(17)36-26(22)27-23(25(24)32(38)47)18-4-2-16(42)8-20(18)37(27)33-30(45)29(44)28(43)21(12-40)48-33/h1-9,21,28-30,33,35-36,39-45H,10-12H2/t21-,28-,29+,30-,33?/m0/s1. The van der Waals surface area contributed by atoms with Gasteiger partial charge in [0.1, 0.15) is 35.9 Å². The fraction of sp³-hybridized carbons (Fsp3) is 0.242. The zero-order valence-corrected chi connectivity index (χ0v) is 24.9. The van der Waals surface area contributed by atoms with Crippen LogP contribution < -0.4 is 5.43 Å². The Morgan fingerprint density at radius 3 is 2.29 bits per heavy atom. The van der Waals surface area contributed by atoms with Crippen LogP contribution in [0.2, 0.25) is 0 Å². The van der Waals surface area contributed by atoms with Gasteiger partial charge >= 0.3 is 0 Å². The van der Waals surface area contributed by atoms with Crippen LogP contribution >= 0.6 is 0 Å². The third-order valence-electron chi connectivity index (χ3n) is 9.31. The van der Waals surface area contributed by atoms with E-state index in [0.717, 1.165) is 5.01 Å². The number of rotatable bonds is 6. The maximum atomic E-state index is 14.4. The fourth-order valence-corrected chi connectivity index (χ4v) is 7.05. The summed E-state index contributed by atoms with van der Waals surface area (Å²) in [6.07, 6.45) is -4.84. The van der Waals surface area contributed by atoms with Crippen LogP contribution in [-0.4, -0.2) is 98.1 Å². The minimum absolute atomic E-state index is 0.00156. The minimum atomic E-state index is -1.74. The van der Waals surface area contributed by atoms with Crippen molar-refractivity contribution in [2.45, 2.75) is 43.8 Å². The molecule has 0 radical (unpaired) electrons. The summed E-state index contributed by atoms with van der Waals surface area (Å²) in [5.74, 6) is -1.60. The van der Waals surface area contributed by atoms with Crippen LogP contribution in [0.5, 0.6) is 11.5 Å². The monoisotopic (exact) mass is 655 g/mol. The van der Waals surface area contributed by atoms with Crippen molar-refractivity contribution < 1.29 is 50.1 Å². The number of amides is 2. The maximum Gasteiger partial charge on any atom is 0.276 e. The van der Waals surface area contributed by atoms with E-state index in [-0.39, 0.29) is 52.2 Å². The number of benzene rings is 3. The van der Waals surface area contributed by atoms with Crippen molar-refractivity contribution >= 4 is 55.4 Å². The van der Waals surface area contributed by atoms with E-state index >= 15 is 0 Å². The summed E-state index contributed by atoms with van der Waals surface area (Å²) in [5, 5.41) is 75.6. The number of aromatic amines is 1. The lowest BCUT2D eigenvalue weighted by Crippen LogP contribution is -2.56. The fourth-order valence-electron chi connectivity index (χ4n) is 7.05. The van der Waals surface area contributed by atoms with Crippen molar-refractivity contribution in [1.29, 1.82) is 0 Å². The molecule has 0 saturated carbocycles. The van der Waals surface area contributed by atoms with Gasteiger partial charge in [0.2, 0.25) is 0 Å². The number of H-pyrrole nitrogens is 1. The molecule has 48 heavy (non-hydrogen) atoms. The number of nitrogens with zero attached hydrogens (tertiary/aromatic N) is 3. The van der Waals surface area contributed by atoms with Gasteiger partial charge in [-0.2, -0.15) is 0 Å². The topological polar surface area (TPSA) is 234 Å². The SMILES string of the molecule is O=C1c2c(c3c4ccc(O)cc4n(C4O[C@@H](CO)[C@H](O)[C@@H](O)[C@@H]4O)c3c3[nH]c4cc(O)ccc4c23)C(=O)N1NCc1ccncc1CO. The molecule has 8 rings (SSSR count). The first kappa shape index (κ1) is 30.2. The summed E-state index contributed by atoms with van der Waals surface area (Å²) in [5.41, 5.74) is 5.33. The van der Waals surface area contributed by atoms with E-state index in [9.17, 15) is 45.3 Å². The molecule has 0 bridgehead atoms. The van der Waals surface area contributed by atoms with Gasteiger partial charge in [-0.1, -0.05) is 0 Å². The van der Waals surface area contributed by atoms with Crippen molar-refractivity contribution in [3.05, 3.63) is 77.1 Å². The molecule has 5 atom stereocenters. The molecule has 0 aliphatic carbocycles. The van der Waals surface area contributed by atoms with E-state index in [1.807, 2.05) is 0 Å². The van der Waals surface area contributed by atoms with Crippen LogP contribution in [0.3, 0.4) is 0 Å². The molecule has 15 heteroatoms. The number of carbonyl (C=O) groups excluding carboxylic acids is 2. The van der Waals surface area contributed by atoms with E-state index in [4.69, 9.17) is 4.74 Å². The summed E-state index contributed by atoms with van der Waals surface area (Å²) in [4.78, 5) is 35.9. The number of fused-ring (bicyclic) bond motifs is 10. The molecule has 3 aromatic carbocycles. The Kier molecular flexibility index (Phi) is 6.90. The Labute approximate surface area is 269 Å². The zero-order valence-electron chi connectivity index (χ0n) is 24.9. The summed E-state index contributed by atoms with van der Waals surface area (Å²) in [6.45, 7) is -0.997. The van der Waals surface area contributed by atoms with Crippen molar-refractivity contribution in [1.82, 2.24) is 25.0 Å². The number of aromatic hydroxyl groups is 2. The van der Waals surface area contributed by atoms with Gasteiger partial charge in [-0.05, 0) is 35.9 Å². The van der Waals surface area contributed by atoms with Gasteiger partial charge < -0.3 is 50.0 Å². The number of ether oxygens (including phenoxy) is 1. The molecule has 9 N–H and O–H groups in total. The van der Waals surface area contributed by atoms with E-state index in [1.165, 1.54) is 41.2 Å². The van der Waals surface area contributed by atoms with E-state index in [0.29, 0.717) is 38.3 Å². The van der Waals surface area contributed by atoms with Gasteiger partial charge in [-0.15, -0.1) is 0 Å². The van der Waals surface area contributed by atoms with Gasteiger partial charge in [0.05, 0.1) is 46.4 Å². The molecule has 5 heterocycles. The molecule has 3 aromatic heterocycles. The van der Waals surface area contributed by atoms with Crippen molar-refractivity contribution in [2.24, 2.45) is 0 Å². The quantitative estimate of drug-likeness (QED) is 0.114. The summed E-state index contributed by atoms with van der Waals surface area (Å²) >= 11 is 0. The van der Waals surface area contributed by atoms with Gasteiger partial charge in [-0.3, -0.25) is 14.6 Å². The highest BCUT2D eigenvalue weighted by molar-refractivity contribution is 6.39. The lowest BCUT2D eigenvalue weighted by molar-refractivity contribution is -0.249. The predicted octanol–water partition coefficient (Wildman–Crippen LogP) is 1.00. The van der Waals surface area contributed by atoms with Crippen LogP contribution in [0.1, 0.15) is 38.1 Å². The molecule has 2 aliphatic heterocycles. The molecule has 246 valence electrons. The minimum Gasteiger partial charge on any atom is -0.508 e. The second-order valence-electron chi connectivity index (χ2n) is 12.0. The van der Waals surface area contributed by atoms with Gasteiger partial charge in [0, 0.05) is 58.2 Å².